The lowest BCUT2D eigenvalue weighted by molar-refractivity contribution is 0.566. The number of hydrogen-bond donors (Lipinski definition) is 1. The van der Waals surface area contributed by atoms with Crippen molar-refractivity contribution in [3.05, 3.63) is 17.0 Å². The van der Waals surface area contributed by atoms with Crippen LogP contribution in [-0.4, -0.2) is 8.76 Å². The summed E-state index contributed by atoms with van der Waals surface area (Å²) in [5.41, 5.74) is 0.0717. The zero-order chi connectivity index (χ0) is 9.35. The second-order valence-electron chi connectivity index (χ2n) is 3.62. The number of hydrogen-bond acceptors (Lipinski definition) is 2. The highest BCUT2D eigenvalue weighted by atomic mass is 32.2. The van der Waals surface area contributed by atoms with Crippen molar-refractivity contribution in [2.45, 2.75) is 30.4 Å². The molecule has 0 amide bonds. The summed E-state index contributed by atoms with van der Waals surface area (Å²) in [6, 6.07) is 3.62. The first-order valence-electron chi connectivity index (χ1n) is 3.62. The van der Waals surface area contributed by atoms with Gasteiger partial charge in [-0.25, -0.2) is 4.21 Å². The molecule has 1 rings (SSSR count). The zero-order valence-electron chi connectivity index (χ0n) is 7.33. The fourth-order valence-electron chi connectivity index (χ4n) is 0.817. The van der Waals surface area contributed by atoms with Crippen LogP contribution in [0.15, 0.2) is 16.3 Å². The summed E-state index contributed by atoms with van der Waals surface area (Å²) < 4.78 is 20.0. The fraction of sp³-hybridized carbons (Fsp3) is 0.500. The fourth-order valence-corrected chi connectivity index (χ4v) is 2.35. The standard InChI is InChI=1S/C8H12O2S2/c1-8(2,3)6-4-5-7(11-6)12(9)10/h4-5H,1-3H3,(H,9,10). The molecule has 0 fully saturated rings. The maximum atomic E-state index is 10.7. The van der Waals surface area contributed by atoms with Gasteiger partial charge in [0, 0.05) is 4.88 Å². The van der Waals surface area contributed by atoms with E-state index < -0.39 is 11.1 Å². The first kappa shape index (κ1) is 9.89. The highest BCUT2D eigenvalue weighted by Crippen LogP contribution is 2.30. The molecule has 1 unspecified atom stereocenters. The molecule has 1 atom stereocenters. The van der Waals surface area contributed by atoms with Gasteiger partial charge in [-0.05, 0) is 17.5 Å². The van der Waals surface area contributed by atoms with E-state index in [1.807, 2.05) is 6.07 Å². The Hall–Kier alpha value is -0.190. The van der Waals surface area contributed by atoms with Crippen molar-refractivity contribution < 1.29 is 8.76 Å². The molecule has 0 aromatic carbocycles. The SMILES string of the molecule is CC(C)(C)c1ccc(S(=O)O)s1. The third kappa shape index (κ3) is 2.15. The molecule has 0 bridgehead atoms. The van der Waals surface area contributed by atoms with Gasteiger partial charge in [-0.3, -0.25) is 0 Å². The van der Waals surface area contributed by atoms with Gasteiger partial charge in [-0.15, -0.1) is 11.3 Å². The maximum Gasteiger partial charge on any atom is 0.196 e. The van der Waals surface area contributed by atoms with E-state index in [9.17, 15) is 4.21 Å². The van der Waals surface area contributed by atoms with E-state index in [2.05, 4.69) is 20.8 Å². The van der Waals surface area contributed by atoms with E-state index in [4.69, 9.17) is 4.55 Å². The molecule has 12 heavy (non-hydrogen) atoms. The molecule has 1 aromatic heterocycles. The van der Waals surface area contributed by atoms with E-state index in [0.29, 0.717) is 4.21 Å². The highest BCUT2D eigenvalue weighted by molar-refractivity contribution is 7.81. The van der Waals surface area contributed by atoms with E-state index in [0.717, 1.165) is 4.88 Å². The summed E-state index contributed by atoms with van der Waals surface area (Å²) in [5, 5.41) is 0. The van der Waals surface area contributed by atoms with Gasteiger partial charge < -0.3 is 4.55 Å². The van der Waals surface area contributed by atoms with Gasteiger partial charge in [-0.1, -0.05) is 20.8 Å². The third-order valence-electron chi connectivity index (χ3n) is 1.49. The zero-order valence-corrected chi connectivity index (χ0v) is 8.96. The van der Waals surface area contributed by atoms with Crippen molar-refractivity contribution in [1.29, 1.82) is 0 Å². The highest BCUT2D eigenvalue weighted by Gasteiger charge is 2.17. The average molecular weight is 204 g/mol. The van der Waals surface area contributed by atoms with E-state index in [1.165, 1.54) is 11.3 Å². The summed E-state index contributed by atoms with van der Waals surface area (Å²) in [6.45, 7) is 6.26. The van der Waals surface area contributed by atoms with Crippen LogP contribution in [0.2, 0.25) is 0 Å². The summed E-state index contributed by atoms with van der Waals surface area (Å²) in [6.07, 6.45) is 0. The summed E-state index contributed by atoms with van der Waals surface area (Å²) >= 11 is -0.427. The van der Waals surface area contributed by atoms with Crippen LogP contribution in [0.5, 0.6) is 0 Å². The molecule has 0 spiro atoms. The van der Waals surface area contributed by atoms with Crippen LogP contribution in [0, 0.1) is 0 Å². The monoisotopic (exact) mass is 204 g/mol. The molecule has 0 saturated heterocycles. The van der Waals surface area contributed by atoms with Crippen LogP contribution < -0.4 is 0 Å². The molecule has 4 heteroatoms. The van der Waals surface area contributed by atoms with Gasteiger partial charge in [0.25, 0.3) is 0 Å². The minimum atomic E-state index is -1.82. The van der Waals surface area contributed by atoms with Gasteiger partial charge in [0.15, 0.2) is 11.1 Å². The van der Waals surface area contributed by atoms with E-state index in [-0.39, 0.29) is 5.41 Å². The normalized spacial score (nSPS) is 14.7. The van der Waals surface area contributed by atoms with Gasteiger partial charge in [0.2, 0.25) is 0 Å². The largest absolute Gasteiger partial charge is 0.302 e. The van der Waals surface area contributed by atoms with E-state index >= 15 is 0 Å². The Bertz CT molecular complexity index is 296. The van der Waals surface area contributed by atoms with Gasteiger partial charge >= 0.3 is 0 Å². The summed E-state index contributed by atoms with van der Waals surface area (Å²) in [5.74, 6) is 0. The molecule has 1 N–H and O–H groups in total. The predicted molar refractivity (Wildman–Crippen MR) is 52.1 cm³/mol. The van der Waals surface area contributed by atoms with Gasteiger partial charge in [0.05, 0.1) is 0 Å². The van der Waals surface area contributed by atoms with Crippen molar-refractivity contribution in [3.8, 4) is 0 Å². The van der Waals surface area contributed by atoms with Crippen LogP contribution in [0.4, 0.5) is 0 Å². The lowest BCUT2D eigenvalue weighted by Crippen LogP contribution is -2.07. The molecule has 0 aliphatic heterocycles. The van der Waals surface area contributed by atoms with Crippen molar-refractivity contribution in [1.82, 2.24) is 0 Å². The molecule has 1 heterocycles. The Balaban J connectivity index is 3.00. The Morgan fingerprint density at radius 3 is 2.25 bits per heavy atom. The first-order chi connectivity index (χ1) is 5.41. The van der Waals surface area contributed by atoms with Crippen LogP contribution in [0.3, 0.4) is 0 Å². The molecule has 0 aliphatic carbocycles. The van der Waals surface area contributed by atoms with Crippen LogP contribution in [-0.2, 0) is 16.5 Å². The molecule has 2 nitrogen and oxygen atoms in total. The topological polar surface area (TPSA) is 37.3 Å². The molecule has 0 saturated carbocycles. The van der Waals surface area contributed by atoms with Gasteiger partial charge in [0.1, 0.15) is 4.21 Å². The second kappa shape index (κ2) is 3.28. The van der Waals surface area contributed by atoms with Crippen LogP contribution in [0.1, 0.15) is 25.6 Å². The van der Waals surface area contributed by atoms with Crippen molar-refractivity contribution in [3.63, 3.8) is 0 Å². The van der Waals surface area contributed by atoms with Crippen LogP contribution in [0.25, 0.3) is 0 Å². The lowest BCUT2D eigenvalue weighted by Gasteiger charge is -2.14. The molecular weight excluding hydrogens is 192 g/mol. The Morgan fingerprint density at radius 2 is 2.00 bits per heavy atom. The smallest absolute Gasteiger partial charge is 0.196 e. The summed E-state index contributed by atoms with van der Waals surface area (Å²) in [4.78, 5) is 1.14. The molecule has 68 valence electrons. The molecule has 1 aromatic rings. The molecule has 0 radical (unpaired) electrons. The Labute approximate surface area is 78.9 Å². The van der Waals surface area contributed by atoms with Gasteiger partial charge in [-0.2, -0.15) is 0 Å². The maximum absolute atomic E-state index is 10.7. The van der Waals surface area contributed by atoms with Crippen molar-refractivity contribution in [2.75, 3.05) is 0 Å². The quantitative estimate of drug-likeness (QED) is 0.714. The first-order valence-corrected chi connectivity index (χ1v) is 5.55. The third-order valence-corrected chi connectivity index (χ3v) is 3.96. The van der Waals surface area contributed by atoms with Crippen molar-refractivity contribution in [2.24, 2.45) is 0 Å². The van der Waals surface area contributed by atoms with Crippen LogP contribution >= 0.6 is 11.3 Å². The number of rotatable bonds is 1. The lowest BCUT2D eigenvalue weighted by atomic mass is 9.95. The van der Waals surface area contributed by atoms with E-state index in [1.54, 1.807) is 6.07 Å². The minimum absolute atomic E-state index is 0.0717. The molecule has 0 aliphatic rings. The summed E-state index contributed by atoms with van der Waals surface area (Å²) in [7, 11) is 0. The second-order valence-corrected chi connectivity index (χ2v) is 5.90. The van der Waals surface area contributed by atoms with Crippen molar-refractivity contribution >= 4 is 22.4 Å². The Kier molecular flexibility index (Phi) is 2.70. The number of thiophene rings is 1. The predicted octanol–water partition coefficient (Wildman–Crippen LogP) is 2.63. The average Bonchev–Trinajstić information content (AvgIpc) is 2.30. The Morgan fingerprint density at radius 1 is 1.42 bits per heavy atom. The molecular formula is C8H12O2S2. The minimum Gasteiger partial charge on any atom is -0.302 e.